The summed E-state index contributed by atoms with van der Waals surface area (Å²) in [6, 6.07) is 0. The molecular weight excluding hydrogens is 128 g/mol. The molecule has 1 aliphatic carbocycles. The minimum Gasteiger partial charge on any atom is -0.512 e. The summed E-state index contributed by atoms with van der Waals surface area (Å²) in [7, 11) is 0. The van der Waals surface area contributed by atoms with Crippen LogP contribution in [0.3, 0.4) is 0 Å². The predicted molar refractivity (Wildman–Crippen MR) is 38.7 cm³/mol. The molecule has 0 fully saturated rings. The maximum absolute atomic E-state index is 10.9. The summed E-state index contributed by atoms with van der Waals surface area (Å²) in [5, 5.41) is 9.11. The number of ketones is 1. The normalized spacial score (nSPS) is 33.8. The quantitative estimate of drug-likeness (QED) is 0.555. The molecule has 0 saturated heterocycles. The van der Waals surface area contributed by atoms with Gasteiger partial charge in [-0.15, -0.1) is 0 Å². The Morgan fingerprint density at radius 3 is 2.60 bits per heavy atom. The summed E-state index contributed by atoms with van der Waals surface area (Å²) in [5.74, 6) is 0.539. The molecule has 0 unspecified atom stereocenters. The molecule has 10 heavy (non-hydrogen) atoms. The summed E-state index contributed by atoms with van der Waals surface area (Å²) >= 11 is 0. The maximum atomic E-state index is 10.9. The first-order valence-corrected chi connectivity index (χ1v) is 3.55. The van der Waals surface area contributed by atoms with E-state index in [1.54, 1.807) is 0 Å². The van der Waals surface area contributed by atoms with Gasteiger partial charge in [0, 0.05) is 17.9 Å². The Bertz CT molecular complexity index is 182. The Morgan fingerprint density at radius 1 is 1.50 bits per heavy atom. The molecule has 0 heterocycles. The average Bonchev–Trinajstić information content (AvgIpc) is 1.84. The van der Waals surface area contributed by atoms with E-state index in [2.05, 4.69) is 0 Å². The molecule has 0 radical (unpaired) electrons. The van der Waals surface area contributed by atoms with Crippen molar-refractivity contribution in [1.29, 1.82) is 0 Å². The number of hydrogen-bond donors (Lipinski definition) is 1. The van der Waals surface area contributed by atoms with Gasteiger partial charge in [-0.05, 0) is 6.42 Å². The van der Waals surface area contributed by atoms with Crippen molar-refractivity contribution < 1.29 is 9.90 Å². The van der Waals surface area contributed by atoms with Gasteiger partial charge in [-0.1, -0.05) is 13.8 Å². The molecule has 56 valence electrons. The first kappa shape index (κ1) is 7.32. The zero-order valence-corrected chi connectivity index (χ0v) is 6.29. The van der Waals surface area contributed by atoms with Crippen molar-refractivity contribution in [2.45, 2.75) is 20.3 Å². The van der Waals surface area contributed by atoms with E-state index < -0.39 is 0 Å². The van der Waals surface area contributed by atoms with E-state index in [1.165, 1.54) is 6.08 Å². The third-order valence-corrected chi connectivity index (χ3v) is 1.99. The number of aliphatic hydroxyl groups excluding tert-OH is 1. The second-order valence-electron chi connectivity index (χ2n) is 3.01. The van der Waals surface area contributed by atoms with Gasteiger partial charge in [-0.25, -0.2) is 0 Å². The van der Waals surface area contributed by atoms with Gasteiger partial charge < -0.3 is 5.11 Å². The molecule has 0 aromatic carbocycles. The highest BCUT2D eigenvalue weighted by Crippen LogP contribution is 2.24. The van der Waals surface area contributed by atoms with Crippen molar-refractivity contribution in [3.63, 3.8) is 0 Å². The zero-order chi connectivity index (χ0) is 7.72. The fourth-order valence-electron chi connectivity index (χ4n) is 1.20. The van der Waals surface area contributed by atoms with Gasteiger partial charge in [0.2, 0.25) is 0 Å². The Labute approximate surface area is 60.6 Å². The van der Waals surface area contributed by atoms with Gasteiger partial charge in [0.25, 0.3) is 0 Å². The van der Waals surface area contributed by atoms with Crippen LogP contribution in [0, 0.1) is 11.8 Å². The highest BCUT2D eigenvalue weighted by molar-refractivity contribution is 5.92. The number of rotatable bonds is 0. The third kappa shape index (κ3) is 1.20. The number of allylic oxidation sites excluding steroid dienone is 2. The molecule has 0 aliphatic heterocycles. The Balaban J connectivity index is 2.79. The molecule has 0 spiro atoms. The number of carbonyl (C=O) groups excluding carboxylic acids is 1. The smallest absolute Gasteiger partial charge is 0.161 e. The predicted octanol–water partition coefficient (Wildman–Crippen LogP) is 1.67. The molecule has 0 aromatic rings. The third-order valence-electron chi connectivity index (χ3n) is 1.99. The SMILES string of the molecule is C[C@@H]1C[C@H](C)C(O)=CC1=O. The highest BCUT2D eigenvalue weighted by Gasteiger charge is 2.23. The largest absolute Gasteiger partial charge is 0.512 e. The second-order valence-corrected chi connectivity index (χ2v) is 3.01. The van der Waals surface area contributed by atoms with Crippen molar-refractivity contribution in [1.82, 2.24) is 0 Å². The summed E-state index contributed by atoms with van der Waals surface area (Å²) in [5.41, 5.74) is 0. The van der Waals surface area contributed by atoms with E-state index in [1.807, 2.05) is 13.8 Å². The Kier molecular flexibility index (Phi) is 1.79. The fourth-order valence-corrected chi connectivity index (χ4v) is 1.20. The lowest BCUT2D eigenvalue weighted by atomic mass is 9.87. The maximum Gasteiger partial charge on any atom is 0.161 e. The van der Waals surface area contributed by atoms with Crippen molar-refractivity contribution in [2.24, 2.45) is 11.8 Å². The van der Waals surface area contributed by atoms with Crippen LogP contribution in [0.25, 0.3) is 0 Å². The van der Waals surface area contributed by atoms with Crippen LogP contribution in [0.5, 0.6) is 0 Å². The van der Waals surface area contributed by atoms with Crippen LogP contribution in [0.1, 0.15) is 20.3 Å². The van der Waals surface area contributed by atoms with Crippen LogP contribution in [-0.2, 0) is 4.79 Å². The van der Waals surface area contributed by atoms with Crippen LogP contribution >= 0.6 is 0 Å². The van der Waals surface area contributed by atoms with Crippen LogP contribution < -0.4 is 0 Å². The number of aliphatic hydroxyl groups is 1. The van der Waals surface area contributed by atoms with Crippen molar-refractivity contribution in [3.8, 4) is 0 Å². The topological polar surface area (TPSA) is 37.3 Å². The molecule has 2 heteroatoms. The van der Waals surface area contributed by atoms with E-state index in [4.69, 9.17) is 5.11 Å². The average molecular weight is 140 g/mol. The Hall–Kier alpha value is -0.790. The van der Waals surface area contributed by atoms with Gasteiger partial charge in [0.1, 0.15) is 0 Å². The van der Waals surface area contributed by atoms with Gasteiger partial charge in [0.15, 0.2) is 5.78 Å². The molecule has 2 nitrogen and oxygen atoms in total. The summed E-state index contributed by atoms with van der Waals surface area (Å²) in [6.45, 7) is 3.82. The molecule has 1 rings (SSSR count). The minimum absolute atomic E-state index is 0.0515. The van der Waals surface area contributed by atoms with Crippen LogP contribution in [0.2, 0.25) is 0 Å². The lowest BCUT2D eigenvalue weighted by Gasteiger charge is -2.19. The standard InChI is InChI=1S/C8H12O2/c1-5-3-6(2)8(10)4-7(5)9/h4-6,9H,3H2,1-2H3/t5-,6+/m0/s1. The molecule has 0 amide bonds. The van der Waals surface area contributed by atoms with Crippen LogP contribution in [-0.4, -0.2) is 10.9 Å². The van der Waals surface area contributed by atoms with Gasteiger partial charge >= 0.3 is 0 Å². The van der Waals surface area contributed by atoms with Crippen LogP contribution in [0.4, 0.5) is 0 Å². The molecule has 0 saturated carbocycles. The fraction of sp³-hybridized carbons (Fsp3) is 0.625. The summed E-state index contributed by atoms with van der Waals surface area (Å²) < 4.78 is 0. The van der Waals surface area contributed by atoms with Gasteiger partial charge in [0.05, 0.1) is 5.76 Å². The van der Waals surface area contributed by atoms with E-state index in [9.17, 15) is 4.79 Å². The lowest BCUT2D eigenvalue weighted by molar-refractivity contribution is -0.119. The van der Waals surface area contributed by atoms with Crippen LogP contribution in [0.15, 0.2) is 11.8 Å². The highest BCUT2D eigenvalue weighted by atomic mass is 16.3. The van der Waals surface area contributed by atoms with E-state index >= 15 is 0 Å². The summed E-state index contributed by atoms with van der Waals surface area (Å²) in [4.78, 5) is 10.9. The lowest BCUT2D eigenvalue weighted by Crippen LogP contribution is -2.19. The molecular formula is C8H12O2. The molecule has 1 N–H and O–H groups in total. The van der Waals surface area contributed by atoms with Gasteiger partial charge in [-0.2, -0.15) is 0 Å². The summed E-state index contributed by atoms with van der Waals surface area (Å²) in [6.07, 6.45) is 2.12. The van der Waals surface area contributed by atoms with Gasteiger partial charge in [-0.3, -0.25) is 4.79 Å². The molecule has 1 aliphatic rings. The monoisotopic (exact) mass is 140 g/mol. The Morgan fingerprint density at radius 2 is 2.10 bits per heavy atom. The molecule has 0 aromatic heterocycles. The molecule has 2 atom stereocenters. The van der Waals surface area contributed by atoms with Crippen molar-refractivity contribution >= 4 is 5.78 Å². The number of hydrogen-bond acceptors (Lipinski definition) is 2. The number of carbonyl (C=O) groups is 1. The van der Waals surface area contributed by atoms with E-state index in [0.717, 1.165) is 6.42 Å². The second kappa shape index (κ2) is 2.45. The first-order chi connectivity index (χ1) is 4.61. The van der Waals surface area contributed by atoms with Crippen molar-refractivity contribution in [2.75, 3.05) is 0 Å². The zero-order valence-electron chi connectivity index (χ0n) is 6.29. The van der Waals surface area contributed by atoms with E-state index in [-0.39, 0.29) is 23.4 Å². The van der Waals surface area contributed by atoms with Crippen molar-refractivity contribution in [3.05, 3.63) is 11.8 Å². The minimum atomic E-state index is 0.0515. The van der Waals surface area contributed by atoms with E-state index in [0.29, 0.717) is 0 Å². The molecule has 0 bridgehead atoms. The first-order valence-electron chi connectivity index (χ1n) is 3.55.